The maximum absolute atomic E-state index is 15.3. The molecule has 1 aromatic heterocycles. The number of nitrogens with zero attached hydrogens (tertiary/aromatic N) is 9. The van der Waals surface area contributed by atoms with Gasteiger partial charge in [-0.15, -0.1) is 10.2 Å². The van der Waals surface area contributed by atoms with Gasteiger partial charge in [0.2, 0.25) is 12.8 Å². The Labute approximate surface area is 429 Å². The molecule has 3 amide bonds. The average molecular weight is 1000 g/mol. The standard InChI is InChI=1S/C50H59F2N9O4.C4H8.C2H5NO/c1-36(7-6-24-62)61-31-40-28-43(14-15-45(40)49(61)64)59-22-20-58(21-23-59)41-12-10-37(11-13-41)33-65-44-16-18-57(19-17-44)30-39-26-46(50(2,51)52)47(55(3)29-39)32-60(35-63)42-9-5-8-38(25-42)27-48-54-53-34-56(48)4;1-2-4-3-1;1-3-2-4/h5,8-15,24-26,28-29,32,34-36,44H,6-7,16-23,27,30-31,33H2,1-4H3;1-4H2;2H,1H3,(H,3,4)/b47-32-;;. The highest BCUT2D eigenvalue weighted by Gasteiger charge is 2.35. The van der Waals surface area contributed by atoms with Crippen molar-refractivity contribution in [1.82, 2.24) is 34.8 Å². The maximum Gasteiger partial charge on any atom is 0.272 e. The van der Waals surface area contributed by atoms with Crippen molar-refractivity contribution in [2.45, 2.75) is 103 Å². The third kappa shape index (κ3) is 14.5. The number of ether oxygens (including phenoxy) is 1. The molecule has 3 aromatic carbocycles. The highest BCUT2D eigenvalue weighted by atomic mass is 19.3. The third-order valence-corrected chi connectivity index (χ3v) is 14.2. The number of piperazine rings is 1. The van der Waals surface area contributed by atoms with Crippen LogP contribution in [0.1, 0.15) is 98.1 Å². The first kappa shape index (κ1) is 54.1. The van der Waals surface area contributed by atoms with Crippen molar-refractivity contribution in [3.63, 3.8) is 0 Å². The van der Waals surface area contributed by atoms with Crippen molar-refractivity contribution >= 4 is 42.1 Å². The Morgan fingerprint density at radius 3 is 2.16 bits per heavy atom. The van der Waals surface area contributed by atoms with Crippen LogP contribution in [0.2, 0.25) is 0 Å². The molecule has 1 saturated carbocycles. The number of aryl methyl sites for hydroxylation is 1. The molecule has 3 fully saturated rings. The predicted octanol–water partition coefficient (Wildman–Crippen LogP) is 7.87. The molecule has 0 bridgehead atoms. The highest BCUT2D eigenvalue weighted by molar-refractivity contribution is 5.99. The molecule has 1 aliphatic carbocycles. The summed E-state index contributed by atoms with van der Waals surface area (Å²) in [6, 6.07) is 22.2. The van der Waals surface area contributed by atoms with Crippen LogP contribution in [0.5, 0.6) is 0 Å². The number of hydrogen-bond donors (Lipinski definition) is 1. The van der Waals surface area contributed by atoms with Crippen LogP contribution in [0.3, 0.4) is 0 Å². The number of amides is 3. The first-order valence-electron chi connectivity index (χ1n) is 25.6. The molecule has 9 rings (SSSR count). The lowest BCUT2D eigenvalue weighted by molar-refractivity contribution is -0.109. The number of carbonyl (C=O) groups is 4. The molecule has 4 aromatic rings. The van der Waals surface area contributed by atoms with Crippen LogP contribution in [-0.2, 0) is 45.7 Å². The fraction of sp³-hybridized carbons (Fsp3) is 0.464. The monoisotopic (exact) mass is 1000 g/mol. The number of allylic oxidation sites excluding steroid dienone is 1. The third-order valence-electron chi connectivity index (χ3n) is 14.2. The number of fused-ring (bicyclic) bond motifs is 1. The number of halogens is 2. The van der Waals surface area contributed by atoms with Gasteiger partial charge in [-0.3, -0.25) is 24.2 Å². The van der Waals surface area contributed by atoms with Gasteiger partial charge >= 0.3 is 0 Å². The van der Waals surface area contributed by atoms with Gasteiger partial charge in [0.15, 0.2) is 0 Å². The van der Waals surface area contributed by atoms with Crippen LogP contribution < -0.4 is 20.0 Å². The van der Waals surface area contributed by atoms with Crippen LogP contribution in [0.15, 0.2) is 108 Å². The van der Waals surface area contributed by atoms with Gasteiger partial charge in [-0.1, -0.05) is 49.9 Å². The van der Waals surface area contributed by atoms with E-state index < -0.39 is 5.92 Å². The highest BCUT2D eigenvalue weighted by Crippen LogP contribution is 2.37. The molecule has 5 aliphatic rings. The molecule has 15 nitrogen and oxygen atoms in total. The summed E-state index contributed by atoms with van der Waals surface area (Å²) in [5.41, 5.74) is 7.62. The normalized spacial score (nSPS) is 18.1. The Bertz CT molecular complexity index is 2570. The van der Waals surface area contributed by atoms with Gasteiger partial charge in [-0.25, -0.2) is 8.78 Å². The number of alkyl halides is 2. The lowest BCUT2D eigenvalue weighted by atomic mass is 9.98. The zero-order valence-electron chi connectivity index (χ0n) is 43.1. The van der Waals surface area contributed by atoms with E-state index in [2.05, 4.69) is 66.6 Å². The fourth-order valence-corrected chi connectivity index (χ4v) is 9.51. The Morgan fingerprint density at radius 1 is 0.890 bits per heavy atom. The van der Waals surface area contributed by atoms with E-state index in [4.69, 9.17) is 9.53 Å². The number of likely N-dealkylation sites (N-methyl/N-ethyl adjacent to an activating group) is 1. The molecule has 73 heavy (non-hydrogen) atoms. The topological polar surface area (TPSA) is 140 Å². The van der Waals surface area contributed by atoms with Crippen molar-refractivity contribution in [3.05, 3.63) is 136 Å². The van der Waals surface area contributed by atoms with E-state index in [1.807, 2.05) is 53.9 Å². The van der Waals surface area contributed by atoms with E-state index in [0.717, 1.165) is 105 Å². The van der Waals surface area contributed by atoms with Gasteiger partial charge < -0.3 is 39.0 Å². The fourth-order valence-electron chi connectivity index (χ4n) is 9.51. The van der Waals surface area contributed by atoms with E-state index in [1.54, 1.807) is 37.5 Å². The molecule has 5 heterocycles. The zero-order valence-corrected chi connectivity index (χ0v) is 43.1. The number of benzene rings is 3. The van der Waals surface area contributed by atoms with Gasteiger partial charge in [-0.2, -0.15) is 0 Å². The first-order valence-corrected chi connectivity index (χ1v) is 25.6. The van der Waals surface area contributed by atoms with Crippen LogP contribution >= 0.6 is 0 Å². The maximum atomic E-state index is 15.3. The van der Waals surface area contributed by atoms with Crippen molar-refractivity contribution in [1.29, 1.82) is 0 Å². The summed E-state index contributed by atoms with van der Waals surface area (Å²) in [4.78, 5) is 57.3. The number of piperidine rings is 1. The Hall–Kier alpha value is -6.72. The molecule has 2 saturated heterocycles. The van der Waals surface area contributed by atoms with Crippen molar-refractivity contribution in [2.24, 2.45) is 7.05 Å². The second-order valence-corrected chi connectivity index (χ2v) is 19.6. The quantitative estimate of drug-likeness (QED) is 0.0975. The SMILES string of the molecule is C1CCC1.CC(CCC=O)N1Cc2cc(N3CCN(c4ccc(COC5CCN(CC6=CN(C)/C(=C\N(C=O)c7cccc(Cc8nncn8C)c7)C(C(C)(F)F)=C6)CC5)cc4)CC3)ccc2C1=O.CNC=O. The molecular formula is C56H72F2N10O5. The van der Waals surface area contributed by atoms with E-state index in [0.29, 0.717) is 57.5 Å². The largest absolute Gasteiger partial charge is 0.373 e. The minimum atomic E-state index is -3.15. The summed E-state index contributed by atoms with van der Waals surface area (Å²) in [5, 5.41) is 10.3. The van der Waals surface area contributed by atoms with Crippen molar-refractivity contribution in [2.75, 3.05) is 74.6 Å². The number of hydrogen-bond acceptors (Lipinski definition) is 11. The van der Waals surface area contributed by atoms with Gasteiger partial charge in [-0.05, 0) is 97.0 Å². The molecule has 0 spiro atoms. The number of nitrogens with one attached hydrogen (secondary N) is 1. The minimum Gasteiger partial charge on any atom is -0.373 e. The summed E-state index contributed by atoms with van der Waals surface area (Å²) in [6.45, 7) is 9.68. The molecule has 1 N–H and O–H groups in total. The summed E-state index contributed by atoms with van der Waals surface area (Å²) >= 11 is 0. The number of aromatic nitrogens is 3. The van der Waals surface area contributed by atoms with Crippen LogP contribution in [0.25, 0.3) is 0 Å². The number of rotatable bonds is 18. The van der Waals surface area contributed by atoms with Gasteiger partial charge in [0.05, 0.1) is 18.4 Å². The summed E-state index contributed by atoms with van der Waals surface area (Å²) < 4.78 is 38.8. The Morgan fingerprint density at radius 2 is 1.56 bits per heavy atom. The molecule has 0 radical (unpaired) electrons. The van der Waals surface area contributed by atoms with Crippen molar-refractivity contribution < 1.29 is 32.7 Å². The minimum absolute atomic E-state index is 0.0289. The van der Waals surface area contributed by atoms with Crippen molar-refractivity contribution in [3.8, 4) is 0 Å². The smallest absolute Gasteiger partial charge is 0.272 e. The van der Waals surface area contributed by atoms with E-state index in [1.165, 1.54) is 42.5 Å². The van der Waals surface area contributed by atoms with E-state index in [9.17, 15) is 14.4 Å². The number of aldehydes is 1. The Balaban J connectivity index is 0.000000899. The molecule has 1 atom stereocenters. The van der Waals surface area contributed by atoms with E-state index in [-0.39, 0.29) is 29.3 Å². The average Bonchev–Trinajstić information content (AvgIpc) is 3.94. The second kappa shape index (κ2) is 25.8. The summed E-state index contributed by atoms with van der Waals surface area (Å²) in [6.07, 6.45) is 18.2. The first-order chi connectivity index (χ1) is 35.3. The summed E-state index contributed by atoms with van der Waals surface area (Å²) in [7, 11) is 5.16. The van der Waals surface area contributed by atoms with Crippen LogP contribution in [-0.4, -0.2) is 132 Å². The van der Waals surface area contributed by atoms with Gasteiger partial charge in [0.1, 0.15) is 18.4 Å². The summed E-state index contributed by atoms with van der Waals surface area (Å²) in [5.74, 6) is -2.33. The number of anilines is 3. The van der Waals surface area contributed by atoms with Gasteiger partial charge in [0, 0.05) is 140 Å². The number of likely N-dealkylation sites (tertiary alicyclic amines) is 1. The van der Waals surface area contributed by atoms with Crippen LogP contribution in [0.4, 0.5) is 25.8 Å². The molecular weight excluding hydrogens is 931 g/mol. The molecule has 390 valence electrons. The second-order valence-electron chi connectivity index (χ2n) is 19.6. The van der Waals surface area contributed by atoms with Gasteiger partial charge in [0.25, 0.3) is 11.8 Å². The molecule has 17 heteroatoms. The predicted molar refractivity (Wildman–Crippen MR) is 281 cm³/mol. The van der Waals surface area contributed by atoms with E-state index >= 15 is 8.78 Å². The van der Waals surface area contributed by atoms with Crippen LogP contribution in [0, 0.1) is 0 Å². The molecule has 1 unspecified atom stereocenters. The lowest BCUT2D eigenvalue weighted by Crippen LogP contribution is -2.46. The number of carbonyl (C=O) groups excluding carboxylic acids is 4. The lowest BCUT2D eigenvalue weighted by Gasteiger charge is -2.37. The molecule has 4 aliphatic heterocycles. The zero-order chi connectivity index (χ0) is 51.9. The Kier molecular flexibility index (Phi) is 19.1.